The minimum Gasteiger partial charge on any atom is -0.489 e. The summed E-state index contributed by atoms with van der Waals surface area (Å²) in [5, 5.41) is 2.94. The van der Waals surface area contributed by atoms with Gasteiger partial charge in [0.2, 0.25) is 5.91 Å². The van der Waals surface area contributed by atoms with Gasteiger partial charge in [-0.15, -0.1) is 0 Å². The number of rotatable bonds is 8. The molecule has 0 fully saturated rings. The van der Waals surface area contributed by atoms with Crippen LogP contribution < -0.4 is 10.1 Å². The number of ether oxygens (including phenoxy) is 1. The Hall–Kier alpha value is -3.14. The number of aryl methyl sites for hydroxylation is 1. The second-order valence-electron chi connectivity index (χ2n) is 6.68. The quantitative estimate of drug-likeness (QED) is 0.611. The van der Waals surface area contributed by atoms with Gasteiger partial charge in [0.1, 0.15) is 18.2 Å². The molecular formula is C24H24FNO2. The first-order valence-electron chi connectivity index (χ1n) is 9.43. The van der Waals surface area contributed by atoms with Gasteiger partial charge in [-0.1, -0.05) is 55.5 Å². The maximum absolute atomic E-state index is 12.9. The van der Waals surface area contributed by atoms with Crippen molar-refractivity contribution >= 4 is 5.91 Å². The number of carbonyl (C=O) groups excluding carboxylic acids is 1. The predicted octanol–water partition coefficient (Wildman–Crippen LogP) is 4.83. The zero-order valence-electron chi connectivity index (χ0n) is 16.0. The Bertz CT molecular complexity index is 887. The number of hydrogen-bond acceptors (Lipinski definition) is 2. The summed E-state index contributed by atoms with van der Waals surface area (Å²) in [5.41, 5.74) is 4.19. The van der Waals surface area contributed by atoms with Crippen molar-refractivity contribution in [1.82, 2.24) is 5.32 Å². The van der Waals surface area contributed by atoms with Crippen LogP contribution in [0.4, 0.5) is 4.39 Å². The van der Waals surface area contributed by atoms with E-state index < -0.39 is 0 Å². The minimum atomic E-state index is -0.256. The normalized spacial score (nSPS) is 10.5. The smallest absolute Gasteiger partial charge is 0.224 e. The summed E-state index contributed by atoms with van der Waals surface area (Å²) < 4.78 is 18.6. The van der Waals surface area contributed by atoms with Gasteiger partial charge in [0.05, 0.1) is 6.42 Å². The SMILES string of the molecule is CCc1ccc(CC(=O)NCc2ccc(OCc3ccc(F)cc3)cc2)cc1. The number of carbonyl (C=O) groups is 1. The molecule has 0 unspecified atom stereocenters. The second kappa shape index (κ2) is 9.70. The zero-order valence-corrected chi connectivity index (χ0v) is 16.0. The van der Waals surface area contributed by atoms with E-state index in [9.17, 15) is 9.18 Å². The van der Waals surface area contributed by atoms with Crippen molar-refractivity contribution in [3.63, 3.8) is 0 Å². The van der Waals surface area contributed by atoms with E-state index in [4.69, 9.17) is 4.74 Å². The molecule has 0 aliphatic heterocycles. The van der Waals surface area contributed by atoms with Crippen LogP contribution in [0.5, 0.6) is 5.75 Å². The minimum absolute atomic E-state index is 0.000819. The first-order chi connectivity index (χ1) is 13.6. The van der Waals surface area contributed by atoms with Gasteiger partial charge in [0, 0.05) is 6.54 Å². The molecule has 0 atom stereocenters. The Morgan fingerprint density at radius 2 is 1.39 bits per heavy atom. The average Bonchev–Trinajstić information content (AvgIpc) is 2.73. The Balaban J connectivity index is 1.44. The molecule has 0 spiro atoms. The third-order valence-electron chi connectivity index (χ3n) is 4.53. The van der Waals surface area contributed by atoms with Crippen molar-refractivity contribution in [3.05, 3.63) is 101 Å². The molecule has 1 N–H and O–H groups in total. The molecule has 0 aromatic heterocycles. The summed E-state index contributed by atoms with van der Waals surface area (Å²) >= 11 is 0. The largest absolute Gasteiger partial charge is 0.489 e. The monoisotopic (exact) mass is 377 g/mol. The lowest BCUT2D eigenvalue weighted by Gasteiger charge is -2.09. The van der Waals surface area contributed by atoms with Gasteiger partial charge in [0.25, 0.3) is 0 Å². The van der Waals surface area contributed by atoms with Gasteiger partial charge in [-0.25, -0.2) is 4.39 Å². The predicted molar refractivity (Wildman–Crippen MR) is 109 cm³/mol. The highest BCUT2D eigenvalue weighted by Gasteiger charge is 2.04. The van der Waals surface area contributed by atoms with Crippen LogP contribution in [-0.4, -0.2) is 5.91 Å². The molecule has 4 heteroatoms. The van der Waals surface area contributed by atoms with Crippen LogP contribution >= 0.6 is 0 Å². The van der Waals surface area contributed by atoms with Gasteiger partial charge >= 0.3 is 0 Å². The van der Waals surface area contributed by atoms with Gasteiger partial charge in [0.15, 0.2) is 0 Å². The molecular weight excluding hydrogens is 353 g/mol. The molecule has 0 radical (unpaired) electrons. The molecule has 3 nitrogen and oxygen atoms in total. The van der Waals surface area contributed by atoms with E-state index in [1.165, 1.54) is 17.7 Å². The molecule has 28 heavy (non-hydrogen) atoms. The molecule has 144 valence electrons. The van der Waals surface area contributed by atoms with Gasteiger partial charge in [-0.05, 0) is 52.9 Å². The molecule has 3 aromatic rings. The standard InChI is InChI=1S/C24H24FNO2/c1-2-18-3-5-19(6-4-18)15-24(27)26-16-20-9-13-23(14-10-20)28-17-21-7-11-22(25)12-8-21/h3-14H,2,15-17H2,1H3,(H,26,27). The van der Waals surface area contributed by atoms with E-state index in [1.807, 2.05) is 36.4 Å². The molecule has 0 saturated carbocycles. The lowest BCUT2D eigenvalue weighted by molar-refractivity contribution is -0.120. The van der Waals surface area contributed by atoms with Crippen LogP contribution in [-0.2, 0) is 30.8 Å². The lowest BCUT2D eigenvalue weighted by atomic mass is 10.1. The van der Waals surface area contributed by atoms with Crippen molar-refractivity contribution in [2.45, 2.75) is 32.9 Å². The van der Waals surface area contributed by atoms with Crippen LogP contribution in [0.1, 0.15) is 29.2 Å². The number of benzene rings is 3. The maximum atomic E-state index is 12.9. The van der Waals surface area contributed by atoms with E-state index in [0.717, 1.165) is 28.9 Å². The Kier molecular flexibility index (Phi) is 6.79. The summed E-state index contributed by atoms with van der Waals surface area (Å²) in [6.07, 6.45) is 1.37. The summed E-state index contributed by atoms with van der Waals surface area (Å²) in [6, 6.07) is 22.0. The molecule has 0 heterocycles. The van der Waals surface area contributed by atoms with Gasteiger partial charge in [-0.2, -0.15) is 0 Å². The highest BCUT2D eigenvalue weighted by Crippen LogP contribution is 2.15. The first kappa shape index (κ1) is 19.6. The number of amides is 1. The van der Waals surface area contributed by atoms with Crippen LogP contribution in [0.2, 0.25) is 0 Å². The molecule has 0 saturated heterocycles. The van der Waals surface area contributed by atoms with E-state index in [-0.39, 0.29) is 11.7 Å². The number of halogens is 1. The zero-order chi connectivity index (χ0) is 19.8. The molecule has 1 amide bonds. The molecule has 0 bridgehead atoms. The molecule has 0 aliphatic carbocycles. The fraction of sp³-hybridized carbons (Fsp3) is 0.208. The number of nitrogens with one attached hydrogen (secondary N) is 1. The fourth-order valence-corrected chi connectivity index (χ4v) is 2.79. The second-order valence-corrected chi connectivity index (χ2v) is 6.68. The number of hydrogen-bond donors (Lipinski definition) is 1. The van der Waals surface area contributed by atoms with E-state index in [1.54, 1.807) is 12.1 Å². The maximum Gasteiger partial charge on any atom is 0.224 e. The Morgan fingerprint density at radius 1 is 0.821 bits per heavy atom. The molecule has 0 aliphatic rings. The van der Waals surface area contributed by atoms with E-state index in [2.05, 4.69) is 24.4 Å². The molecule has 3 rings (SSSR count). The van der Waals surface area contributed by atoms with Crippen molar-refractivity contribution in [1.29, 1.82) is 0 Å². The Morgan fingerprint density at radius 3 is 2.04 bits per heavy atom. The third kappa shape index (κ3) is 5.95. The van der Waals surface area contributed by atoms with Crippen LogP contribution in [0.25, 0.3) is 0 Å². The Labute approximate surface area is 165 Å². The summed E-state index contributed by atoms with van der Waals surface area (Å²) in [4.78, 5) is 12.1. The lowest BCUT2D eigenvalue weighted by Crippen LogP contribution is -2.24. The fourth-order valence-electron chi connectivity index (χ4n) is 2.79. The van der Waals surface area contributed by atoms with Gasteiger partial charge in [-0.3, -0.25) is 4.79 Å². The van der Waals surface area contributed by atoms with E-state index >= 15 is 0 Å². The van der Waals surface area contributed by atoms with E-state index in [0.29, 0.717) is 19.6 Å². The van der Waals surface area contributed by atoms with Crippen molar-refractivity contribution in [2.75, 3.05) is 0 Å². The van der Waals surface area contributed by atoms with Crippen molar-refractivity contribution in [3.8, 4) is 5.75 Å². The topological polar surface area (TPSA) is 38.3 Å². The molecule has 3 aromatic carbocycles. The highest BCUT2D eigenvalue weighted by atomic mass is 19.1. The average molecular weight is 377 g/mol. The van der Waals surface area contributed by atoms with Crippen molar-refractivity contribution < 1.29 is 13.9 Å². The van der Waals surface area contributed by atoms with Crippen LogP contribution in [0, 0.1) is 5.82 Å². The van der Waals surface area contributed by atoms with Crippen molar-refractivity contribution in [2.24, 2.45) is 0 Å². The first-order valence-corrected chi connectivity index (χ1v) is 9.43. The highest BCUT2D eigenvalue weighted by molar-refractivity contribution is 5.78. The third-order valence-corrected chi connectivity index (χ3v) is 4.53. The summed E-state index contributed by atoms with van der Waals surface area (Å²) in [7, 11) is 0. The van der Waals surface area contributed by atoms with Gasteiger partial charge < -0.3 is 10.1 Å². The van der Waals surface area contributed by atoms with Crippen LogP contribution in [0.15, 0.2) is 72.8 Å². The van der Waals surface area contributed by atoms with Crippen LogP contribution in [0.3, 0.4) is 0 Å². The summed E-state index contributed by atoms with van der Waals surface area (Å²) in [5.74, 6) is 0.476. The summed E-state index contributed by atoms with van der Waals surface area (Å²) in [6.45, 7) is 2.97.